The van der Waals surface area contributed by atoms with Gasteiger partial charge in [-0.05, 0) is 6.07 Å². The Morgan fingerprint density at radius 3 is 2.65 bits per heavy atom. The van der Waals surface area contributed by atoms with E-state index in [9.17, 15) is 9.90 Å². The molecule has 124 valence electrons. The summed E-state index contributed by atoms with van der Waals surface area (Å²) in [5.74, 6) is 0.948. The molecule has 1 aliphatic rings. The first-order valence-electron chi connectivity index (χ1n) is 7.55. The van der Waals surface area contributed by atoms with Crippen LogP contribution >= 0.6 is 0 Å². The van der Waals surface area contributed by atoms with Gasteiger partial charge in [-0.15, -0.1) is 5.54 Å². The second-order valence-corrected chi connectivity index (χ2v) is 12.5. The van der Waals surface area contributed by atoms with E-state index in [0.29, 0.717) is 17.2 Å². The normalized spacial score (nSPS) is 17.3. The van der Waals surface area contributed by atoms with Gasteiger partial charge in [-0.2, -0.15) is 0 Å². The maximum Gasteiger partial charge on any atom is 0.230 e. The molecule has 7 heteroatoms. The van der Waals surface area contributed by atoms with Gasteiger partial charge in [0.2, 0.25) is 5.91 Å². The quantitative estimate of drug-likeness (QED) is 0.546. The molecular weight excluding hydrogens is 308 g/mol. The Bertz CT molecular complexity index is 698. The molecule has 0 aromatic carbocycles. The Morgan fingerprint density at radius 1 is 1.43 bits per heavy atom. The first-order chi connectivity index (χ1) is 10.5. The summed E-state index contributed by atoms with van der Waals surface area (Å²) in [6, 6.07) is 4.67. The molecule has 23 heavy (non-hydrogen) atoms. The Morgan fingerprint density at radius 2 is 2.09 bits per heavy atom. The average molecular weight is 332 g/mol. The van der Waals surface area contributed by atoms with E-state index in [2.05, 4.69) is 46.5 Å². The molecule has 2 heterocycles. The smallest absolute Gasteiger partial charge is 0.230 e. The number of hydrogen-bond acceptors (Lipinski definition) is 4. The van der Waals surface area contributed by atoms with E-state index >= 15 is 0 Å². The van der Waals surface area contributed by atoms with Gasteiger partial charge in [-0.3, -0.25) is 9.69 Å². The molecule has 0 spiro atoms. The molecule has 1 aromatic rings. The summed E-state index contributed by atoms with van der Waals surface area (Å²) in [4.78, 5) is 20.8. The Hall–Kier alpha value is -2.04. The molecule has 1 unspecified atom stereocenters. The third kappa shape index (κ3) is 4.24. The monoisotopic (exact) mass is 332 g/mol. The van der Waals surface area contributed by atoms with E-state index in [0.717, 1.165) is 0 Å². The number of anilines is 1. The van der Waals surface area contributed by atoms with Gasteiger partial charge >= 0.3 is 0 Å². The summed E-state index contributed by atoms with van der Waals surface area (Å²) < 4.78 is 0. The molecule has 1 amide bonds. The zero-order valence-corrected chi connectivity index (χ0v) is 15.5. The highest BCUT2D eigenvalue weighted by Gasteiger charge is 2.26. The van der Waals surface area contributed by atoms with Gasteiger partial charge in [-0.1, -0.05) is 40.4 Å². The fraction of sp³-hybridized carbons (Fsp3) is 0.500. The molecule has 1 aromatic heterocycles. The number of amides is 1. The van der Waals surface area contributed by atoms with Gasteiger partial charge < -0.3 is 15.4 Å². The molecule has 0 fully saturated rings. The molecule has 6 nitrogen and oxygen atoms in total. The zero-order valence-electron chi connectivity index (χ0n) is 14.5. The van der Waals surface area contributed by atoms with Gasteiger partial charge in [0, 0.05) is 17.0 Å². The number of fused-ring (bicyclic) bond motifs is 1. The molecule has 2 rings (SSSR count). The van der Waals surface area contributed by atoms with Gasteiger partial charge in [-0.25, -0.2) is 4.99 Å². The molecule has 1 aliphatic heterocycles. The van der Waals surface area contributed by atoms with Gasteiger partial charge in [0.1, 0.15) is 26.0 Å². The van der Waals surface area contributed by atoms with Crippen molar-refractivity contribution in [3.05, 3.63) is 11.6 Å². The Labute approximate surface area is 138 Å². The number of aliphatic hydroxyl groups is 1. The van der Waals surface area contributed by atoms with Crippen molar-refractivity contribution < 1.29 is 9.90 Å². The van der Waals surface area contributed by atoms with Crippen LogP contribution in [0, 0.1) is 17.0 Å². The Balaban J connectivity index is 2.20. The minimum absolute atomic E-state index is 0.107. The minimum Gasteiger partial charge on any atom is -0.368 e. The number of aromatic amines is 1. The summed E-state index contributed by atoms with van der Waals surface area (Å²) in [6.45, 7) is 11.9. The molecule has 1 atom stereocenters. The van der Waals surface area contributed by atoms with Crippen molar-refractivity contribution in [3.63, 3.8) is 0 Å². The van der Waals surface area contributed by atoms with Crippen LogP contribution in [0.3, 0.4) is 0 Å². The van der Waals surface area contributed by atoms with Crippen molar-refractivity contribution in [2.45, 2.75) is 46.6 Å². The van der Waals surface area contributed by atoms with Gasteiger partial charge in [0.15, 0.2) is 6.23 Å². The SMILES string of the molecule is CC(C)(C)C(=O)Nc1cc2c([nH]1)N=CN(C#C[Si](C)(C)C)C2O. The minimum atomic E-state index is -1.54. The van der Waals surface area contributed by atoms with Crippen molar-refractivity contribution in [1.82, 2.24) is 9.88 Å². The van der Waals surface area contributed by atoms with Crippen molar-refractivity contribution in [2.75, 3.05) is 5.32 Å². The number of nitrogens with one attached hydrogen (secondary N) is 2. The lowest BCUT2D eigenvalue weighted by atomic mass is 9.96. The van der Waals surface area contributed by atoms with Crippen LogP contribution in [0.15, 0.2) is 11.1 Å². The van der Waals surface area contributed by atoms with E-state index in [4.69, 9.17) is 0 Å². The van der Waals surface area contributed by atoms with Crippen LogP contribution in [0.1, 0.15) is 32.6 Å². The summed E-state index contributed by atoms with van der Waals surface area (Å²) in [6.07, 6.45) is 0.606. The predicted octanol–water partition coefficient (Wildman–Crippen LogP) is 2.80. The number of hydrogen-bond donors (Lipinski definition) is 3. The average Bonchev–Trinajstić information content (AvgIpc) is 2.79. The van der Waals surface area contributed by atoms with Gasteiger partial charge in [0.05, 0.1) is 0 Å². The fourth-order valence-electron chi connectivity index (χ4n) is 1.80. The van der Waals surface area contributed by atoms with Crippen LogP contribution in [-0.2, 0) is 4.79 Å². The summed E-state index contributed by atoms with van der Waals surface area (Å²) in [5.41, 5.74) is 3.30. The molecular formula is C16H24N4O2Si. The number of nitrogens with zero attached hydrogens (tertiary/aromatic N) is 2. The van der Waals surface area contributed by atoms with Crippen molar-refractivity contribution >= 4 is 32.0 Å². The molecule has 0 saturated heterocycles. The molecule has 3 N–H and O–H groups in total. The van der Waals surface area contributed by atoms with E-state index in [-0.39, 0.29) is 5.91 Å². The number of rotatable bonds is 1. The number of aromatic nitrogens is 1. The first-order valence-corrected chi connectivity index (χ1v) is 11.1. The van der Waals surface area contributed by atoms with E-state index in [1.807, 2.05) is 20.8 Å². The van der Waals surface area contributed by atoms with E-state index < -0.39 is 19.7 Å². The molecule has 0 saturated carbocycles. The van der Waals surface area contributed by atoms with Crippen LogP contribution in [-0.4, -0.2) is 35.3 Å². The highest BCUT2D eigenvalue weighted by Crippen LogP contribution is 2.33. The maximum atomic E-state index is 12.0. The lowest BCUT2D eigenvalue weighted by Gasteiger charge is -2.23. The predicted molar refractivity (Wildman–Crippen MR) is 95.0 cm³/mol. The van der Waals surface area contributed by atoms with Crippen LogP contribution < -0.4 is 5.32 Å². The number of H-pyrrole nitrogens is 1. The summed E-state index contributed by atoms with van der Waals surface area (Å²) >= 11 is 0. The summed E-state index contributed by atoms with van der Waals surface area (Å²) in [5, 5.41) is 13.2. The number of aliphatic imine (C=N–C) groups is 1. The maximum absolute atomic E-state index is 12.0. The number of carbonyl (C=O) groups is 1. The molecule has 0 radical (unpaired) electrons. The van der Waals surface area contributed by atoms with E-state index in [1.165, 1.54) is 11.2 Å². The largest absolute Gasteiger partial charge is 0.368 e. The van der Waals surface area contributed by atoms with Crippen LogP contribution in [0.25, 0.3) is 0 Å². The van der Waals surface area contributed by atoms with Crippen LogP contribution in [0.2, 0.25) is 19.6 Å². The van der Waals surface area contributed by atoms with Crippen molar-refractivity contribution in [3.8, 4) is 11.6 Å². The van der Waals surface area contributed by atoms with E-state index in [1.54, 1.807) is 6.07 Å². The topological polar surface area (TPSA) is 80.7 Å². The van der Waals surface area contributed by atoms with Crippen molar-refractivity contribution in [2.24, 2.45) is 10.4 Å². The van der Waals surface area contributed by atoms with Crippen molar-refractivity contribution in [1.29, 1.82) is 0 Å². The van der Waals surface area contributed by atoms with Crippen LogP contribution in [0.4, 0.5) is 11.6 Å². The first kappa shape index (κ1) is 17.3. The Kier molecular flexibility index (Phi) is 4.42. The molecule has 0 bridgehead atoms. The third-order valence-electron chi connectivity index (χ3n) is 3.17. The standard InChI is InChI=1S/C16H24N4O2Si/c1-16(2,3)15(22)19-12-9-11-13(18-12)17-10-20(14(11)21)7-8-23(4,5)6/h9-10,14,18,21H,1-6H3,(H,19,22). The highest BCUT2D eigenvalue weighted by molar-refractivity contribution is 6.83. The second-order valence-electron chi connectivity index (χ2n) is 7.70. The van der Waals surface area contributed by atoms with Gasteiger partial charge in [0.25, 0.3) is 0 Å². The number of aliphatic hydroxyl groups excluding tert-OH is 1. The third-order valence-corrected chi connectivity index (χ3v) is 4.03. The lowest BCUT2D eigenvalue weighted by molar-refractivity contribution is -0.123. The zero-order chi connectivity index (χ0) is 17.4. The fourth-order valence-corrected chi connectivity index (χ4v) is 2.26. The summed E-state index contributed by atoms with van der Waals surface area (Å²) in [7, 11) is -1.54. The number of carbonyl (C=O) groups excluding carboxylic acids is 1. The molecule has 0 aliphatic carbocycles. The van der Waals surface area contributed by atoms with Crippen LogP contribution in [0.5, 0.6) is 0 Å². The second kappa shape index (κ2) is 5.87. The lowest BCUT2D eigenvalue weighted by Crippen LogP contribution is -2.27. The highest BCUT2D eigenvalue weighted by atomic mass is 28.3.